The van der Waals surface area contributed by atoms with E-state index in [4.69, 9.17) is 0 Å². The van der Waals surface area contributed by atoms with E-state index in [9.17, 15) is 8.42 Å². The summed E-state index contributed by atoms with van der Waals surface area (Å²) in [4.78, 5) is 0.246. The summed E-state index contributed by atoms with van der Waals surface area (Å²) < 4.78 is 29.4. The maximum Gasteiger partial charge on any atom is 0.240 e. The maximum atomic E-state index is 12.5. The van der Waals surface area contributed by atoms with Gasteiger partial charge in [0, 0.05) is 18.8 Å². The van der Waals surface area contributed by atoms with E-state index >= 15 is 0 Å². The summed E-state index contributed by atoms with van der Waals surface area (Å²) in [6.07, 6.45) is 0. The van der Waals surface area contributed by atoms with E-state index in [0.717, 1.165) is 22.2 Å². The van der Waals surface area contributed by atoms with Crippen molar-refractivity contribution in [2.24, 2.45) is 0 Å². The Bertz CT molecular complexity index is 1280. The zero-order chi connectivity index (χ0) is 21.1. The molecule has 0 saturated heterocycles. The van der Waals surface area contributed by atoms with E-state index in [-0.39, 0.29) is 11.4 Å². The molecule has 0 fully saturated rings. The number of aromatic nitrogens is 4. The lowest BCUT2D eigenvalue weighted by molar-refractivity contribution is 0.583. The summed E-state index contributed by atoms with van der Waals surface area (Å²) in [6.45, 7) is 4.47. The molecule has 8 nitrogen and oxygen atoms in total. The number of hydrogen-bond acceptors (Lipinski definition) is 6. The van der Waals surface area contributed by atoms with Crippen molar-refractivity contribution in [3.05, 3.63) is 72.1 Å². The van der Waals surface area contributed by atoms with Gasteiger partial charge in [-0.05, 0) is 55.0 Å². The monoisotopic (exact) mass is 422 g/mol. The van der Waals surface area contributed by atoms with Gasteiger partial charge in [-0.25, -0.2) is 17.8 Å². The standard InChI is InChI=1S/C21H22N6O2S/c1-15-13-16(2)27(26-15)21-10-9-20(24-25-21)22-11-12-23-30(28,29)19-8-7-17-5-3-4-6-18(17)14-19/h3-10,13-14,23H,11-12H2,1-2H3,(H,22,24). The zero-order valence-corrected chi connectivity index (χ0v) is 17.5. The number of hydrogen-bond donors (Lipinski definition) is 2. The summed E-state index contributed by atoms with van der Waals surface area (Å²) >= 11 is 0. The number of benzene rings is 2. The Morgan fingerprint density at radius 2 is 1.70 bits per heavy atom. The van der Waals surface area contributed by atoms with Crippen molar-refractivity contribution in [1.29, 1.82) is 0 Å². The van der Waals surface area contributed by atoms with Gasteiger partial charge < -0.3 is 5.32 Å². The zero-order valence-electron chi connectivity index (χ0n) is 16.7. The number of nitrogens with one attached hydrogen (secondary N) is 2. The fraction of sp³-hybridized carbons (Fsp3) is 0.190. The van der Waals surface area contributed by atoms with Crippen LogP contribution < -0.4 is 10.0 Å². The molecular formula is C21H22N6O2S. The molecule has 2 N–H and O–H groups in total. The van der Waals surface area contributed by atoms with Gasteiger partial charge in [-0.1, -0.05) is 30.3 Å². The van der Waals surface area contributed by atoms with Crippen molar-refractivity contribution in [3.8, 4) is 5.82 Å². The minimum atomic E-state index is -3.59. The number of fused-ring (bicyclic) bond motifs is 1. The van der Waals surface area contributed by atoms with Gasteiger partial charge in [0.25, 0.3) is 0 Å². The van der Waals surface area contributed by atoms with Gasteiger partial charge in [0.2, 0.25) is 10.0 Å². The van der Waals surface area contributed by atoms with Crippen molar-refractivity contribution in [3.63, 3.8) is 0 Å². The first-order valence-corrected chi connectivity index (χ1v) is 11.0. The third-order valence-corrected chi connectivity index (χ3v) is 6.09. The minimum absolute atomic E-state index is 0.218. The van der Waals surface area contributed by atoms with Crippen LogP contribution in [0.25, 0.3) is 16.6 Å². The van der Waals surface area contributed by atoms with Crippen LogP contribution in [0.2, 0.25) is 0 Å². The molecule has 2 heterocycles. The fourth-order valence-corrected chi connectivity index (χ4v) is 4.25. The van der Waals surface area contributed by atoms with Gasteiger partial charge in [0.15, 0.2) is 5.82 Å². The number of nitrogens with zero attached hydrogens (tertiary/aromatic N) is 4. The number of anilines is 1. The SMILES string of the molecule is Cc1cc(C)n(-c2ccc(NCCNS(=O)(=O)c3ccc4ccccc4c3)nn2)n1. The van der Waals surface area contributed by atoms with Gasteiger partial charge in [0.05, 0.1) is 10.6 Å². The third kappa shape index (κ3) is 4.32. The van der Waals surface area contributed by atoms with Crippen molar-refractivity contribution < 1.29 is 8.42 Å². The molecule has 0 aliphatic rings. The number of sulfonamides is 1. The fourth-order valence-electron chi connectivity index (χ4n) is 3.19. The number of rotatable bonds is 7. The van der Waals surface area contributed by atoms with Gasteiger partial charge in [0.1, 0.15) is 5.82 Å². The second kappa shape index (κ2) is 8.21. The molecule has 2 aromatic carbocycles. The Labute approximate surface area is 175 Å². The van der Waals surface area contributed by atoms with E-state index in [0.29, 0.717) is 18.2 Å². The average molecular weight is 423 g/mol. The van der Waals surface area contributed by atoms with Crippen LogP contribution in [0.4, 0.5) is 5.82 Å². The molecule has 0 atom stereocenters. The van der Waals surface area contributed by atoms with Crippen molar-refractivity contribution in [2.45, 2.75) is 18.7 Å². The summed E-state index contributed by atoms with van der Waals surface area (Å²) in [5.74, 6) is 1.19. The van der Waals surface area contributed by atoms with Crippen LogP contribution in [0.15, 0.2) is 65.6 Å². The highest BCUT2D eigenvalue weighted by Gasteiger charge is 2.13. The lowest BCUT2D eigenvalue weighted by Gasteiger charge is -2.09. The van der Waals surface area contributed by atoms with Crippen LogP contribution in [0.5, 0.6) is 0 Å². The maximum absolute atomic E-state index is 12.5. The Morgan fingerprint density at radius 1 is 0.900 bits per heavy atom. The van der Waals surface area contributed by atoms with E-state index in [1.165, 1.54) is 0 Å². The quantitative estimate of drug-likeness (QED) is 0.444. The predicted octanol–water partition coefficient (Wildman–Crippen LogP) is 2.82. The van der Waals surface area contributed by atoms with Gasteiger partial charge >= 0.3 is 0 Å². The first-order valence-electron chi connectivity index (χ1n) is 9.52. The molecule has 0 aliphatic heterocycles. The van der Waals surface area contributed by atoms with Crippen LogP contribution in [0.3, 0.4) is 0 Å². The van der Waals surface area contributed by atoms with Crippen LogP contribution in [0.1, 0.15) is 11.4 Å². The molecule has 0 saturated carbocycles. The Hall–Kier alpha value is -3.30. The Morgan fingerprint density at radius 3 is 2.40 bits per heavy atom. The molecule has 0 spiro atoms. The lowest BCUT2D eigenvalue weighted by Crippen LogP contribution is -2.29. The summed E-state index contributed by atoms with van der Waals surface area (Å²) in [6, 6.07) is 18.3. The Balaban J connectivity index is 1.34. The highest BCUT2D eigenvalue weighted by molar-refractivity contribution is 7.89. The van der Waals surface area contributed by atoms with Crippen molar-refractivity contribution >= 4 is 26.6 Å². The van der Waals surface area contributed by atoms with E-state index in [1.54, 1.807) is 22.9 Å². The van der Waals surface area contributed by atoms with Crippen molar-refractivity contribution in [2.75, 3.05) is 18.4 Å². The molecule has 0 bridgehead atoms. The Kier molecular flexibility index (Phi) is 5.47. The van der Waals surface area contributed by atoms with Gasteiger partial charge in [-0.3, -0.25) is 0 Å². The second-order valence-corrected chi connectivity index (χ2v) is 8.72. The molecular weight excluding hydrogens is 400 g/mol. The summed E-state index contributed by atoms with van der Waals surface area (Å²) in [5.41, 5.74) is 1.89. The molecule has 4 rings (SSSR count). The van der Waals surface area contributed by atoms with E-state index in [1.807, 2.05) is 56.3 Å². The summed E-state index contributed by atoms with van der Waals surface area (Å²) in [7, 11) is -3.59. The molecule has 2 aromatic heterocycles. The highest BCUT2D eigenvalue weighted by atomic mass is 32.2. The molecule has 0 aliphatic carbocycles. The number of aryl methyl sites for hydroxylation is 2. The molecule has 0 unspecified atom stereocenters. The molecule has 30 heavy (non-hydrogen) atoms. The second-order valence-electron chi connectivity index (χ2n) is 6.95. The third-order valence-electron chi connectivity index (χ3n) is 4.63. The van der Waals surface area contributed by atoms with E-state index < -0.39 is 10.0 Å². The lowest BCUT2D eigenvalue weighted by atomic mass is 10.1. The first-order chi connectivity index (χ1) is 14.4. The van der Waals surface area contributed by atoms with Crippen LogP contribution in [-0.4, -0.2) is 41.5 Å². The molecule has 0 radical (unpaired) electrons. The van der Waals surface area contributed by atoms with Crippen LogP contribution in [0, 0.1) is 13.8 Å². The minimum Gasteiger partial charge on any atom is -0.367 e. The smallest absolute Gasteiger partial charge is 0.240 e. The molecule has 154 valence electrons. The van der Waals surface area contributed by atoms with Crippen LogP contribution in [-0.2, 0) is 10.0 Å². The molecule has 0 amide bonds. The highest BCUT2D eigenvalue weighted by Crippen LogP contribution is 2.18. The van der Waals surface area contributed by atoms with Gasteiger partial charge in [-0.15, -0.1) is 10.2 Å². The summed E-state index contributed by atoms with van der Waals surface area (Å²) in [5, 5.41) is 17.6. The van der Waals surface area contributed by atoms with Gasteiger partial charge in [-0.2, -0.15) is 5.10 Å². The topological polar surface area (TPSA) is 102 Å². The average Bonchev–Trinajstić information content (AvgIpc) is 3.09. The largest absolute Gasteiger partial charge is 0.367 e. The molecule has 9 heteroatoms. The predicted molar refractivity (Wildman–Crippen MR) is 116 cm³/mol. The van der Waals surface area contributed by atoms with Crippen LogP contribution >= 0.6 is 0 Å². The van der Waals surface area contributed by atoms with E-state index in [2.05, 4.69) is 25.3 Å². The van der Waals surface area contributed by atoms with Crippen molar-refractivity contribution in [1.82, 2.24) is 24.7 Å². The molecule has 4 aromatic rings. The first kappa shape index (κ1) is 20.0. The normalized spacial score (nSPS) is 11.7.